The lowest BCUT2D eigenvalue weighted by Crippen LogP contribution is -2.05. The number of unbranched alkanes of at least 4 members (excludes halogenated alkanes) is 1. The maximum Gasteiger partial charge on any atom is 0.0747 e. The van der Waals surface area contributed by atoms with Crippen LogP contribution in [0.5, 0.6) is 0 Å². The number of ether oxygens (including phenoxy) is 2. The Hall–Kier alpha value is -0.280. The second kappa shape index (κ2) is 8.76. The summed E-state index contributed by atoms with van der Waals surface area (Å²) in [5.74, 6) is 0. The summed E-state index contributed by atoms with van der Waals surface area (Å²) in [6, 6.07) is 5.44. The monoisotopic (exact) mass is 276 g/mol. The van der Waals surface area contributed by atoms with Gasteiger partial charge in [-0.1, -0.05) is 42.6 Å². The first kappa shape index (κ1) is 14.8. The largest absolute Gasteiger partial charge is 0.379 e. The van der Waals surface area contributed by atoms with Crippen LogP contribution in [0.25, 0.3) is 0 Å². The van der Waals surface area contributed by atoms with Gasteiger partial charge in [0.1, 0.15) is 0 Å². The van der Waals surface area contributed by atoms with Crippen molar-refractivity contribution in [2.45, 2.75) is 26.4 Å². The van der Waals surface area contributed by atoms with E-state index in [9.17, 15) is 0 Å². The van der Waals surface area contributed by atoms with Crippen LogP contribution < -0.4 is 0 Å². The average Bonchev–Trinajstić information content (AvgIpc) is 2.31. The van der Waals surface area contributed by atoms with E-state index in [1.165, 1.54) is 0 Å². The number of hydrogen-bond acceptors (Lipinski definition) is 2. The molecule has 0 aliphatic heterocycles. The van der Waals surface area contributed by atoms with E-state index >= 15 is 0 Å². The van der Waals surface area contributed by atoms with E-state index in [0.717, 1.165) is 25.0 Å². The molecule has 0 bridgehead atoms. The highest BCUT2D eigenvalue weighted by molar-refractivity contribution is 6.35. The zero-order valence-corrected chi connectivity index (χ0v) is 11.6. The summed E-state index contributed by atoms with van der Waals surface area (Å²) in [7, 11) is 0. The van der Waals surface area contributed by atoms with Crippen molar-refractivity contribution in [2.24, 2.45) is 0 Å². The Kier molecular flexibility index (Phi) is 7.62. The van der Waals surface area contributed by atoms with Crippen molar-refractivity contribution in [1.29, 1.82) is 0 Å². The zero-order valence-electron chi connectivity index (χ0n) is 10.0. The third-order valence-electron chi connectivity index (χ3n) is 2.32. The van der Waals surface area contributed by atoms with Gasteiger partial charge in [0.2, 0.25) is 0 Å². The third-order valence-corrected chi connectivity index (χ3v) is 3.03. The highest BCUT2D eigenvalue weighted by atomic mass is 35.5. The number of rotatable bonds is 8. The molecule has 0 unspecified atom stereocenters. The van der Waals surface area contributed by atoms with Crippen LogP contribution in [0.3, 0.4) is 0 Å². The first-order valence-electron chi connectivity index (χ1n) is 5.84. The molecule has 0 aliphatic carbocycles. The molecule has 0 aromatic heterocycles. The van der Waals surface area contributed by atoms with Crippen LogP contribution in [-0.4, -0.2) is 19.8 Å². The Morgan fingerprint density at radius 3 is 2.29 bits per heavy atom. The van der Waals surface area contributed by atoms with Gasteiger partial charge in [-0.05, 0) is 18.6 Å². The van der Waals surface area contributed by atoms with Gasteiger partial charge in [-0.3, -0.25) is 0 Å². The van der Waals surface area contributed by atoms with Gasteiger partial charge in [-0.25, -0.2) is 0 Å². The molecule has 0 heterocycles. The van der Waals surface area contributed by atoms with Crippen LogP contribution in [0.2, 0.25) is 10.0 Å². The normalized spacial score (nSPS) is 10.8. The second-order valence-electron chi connectivity index (χ2n) is 3.72. The molecule has 0 radical (unpaired) electrons. The van der Waals surface area contributed by atoms with E-state index in [2.05, 4.69) is 6.92 Å². The lowest BCUT2D eigenvalue weighted by molar-refractivity contribution is 0.0397. The number of hydrogen-bond donors (Lipinski definition) is 0. The predicted molar refractivity (Wildman–Crippen MR) is 71.8 cm³/mol. The first-order chi connectivity index (χ1) is 8.25. The summed E-state index contributed by atoms with van der Waals surface area (Å²) in [5, 5.41) is 1.29. The van der Waals surface area contributed by atoms with Crippen molar-refractivity contribution in [1.82, 2.24) is 0 Å². The topological polar surface area (TPSA) is 18.5 Å². The molecular weight excluding hydrogens is 259 g/mol. The molecule has 1 aromatic carbocycles. The molecule has 0 N–H and O–H groups in total. The van der Waals surface area contributed by atoms with Gasteiger partial charge in [-0.2, -0.15) is 0 Å². The second-order valence-corrected chi connectivity index (χ2v) is 4.53. The molecule has 0 amide bonds. The fourth-order valence-corrected chi connectivity index (χ4v) is 1.82. The maximum atomic E-state index is 6.02. The molecule has 17 heavy (non-hydrogen) atoms. The molecule has 1 aromatic rings. The van der Waals surface area contributed by atoms with Gasteiger partial charge < -0.3 is 9.47 Å². The molecule has 96 valence electrons. The minimum Gasteiger partial charge on any atom is -0.379 e. The van der Waals surface area contributed by atoms with Crippen molar-refractivity contribution in [3.63, 3.8) is 0 Å². The fourth-order valence-electron chi connectivity index (χ4n) is 1.31. The van der Waals surface area contributed by atoms with Gasteiger partial charge in [0.05, 0.1) is 19.8 Å². The van der Waals surface area contributed by atoms with Crippen molar-refractivity contribution in [2.75, 3.05) is 19.8 Å². The van der Waals surface area contributed by atoms with Crippen molar-refractivity contribution in [3.05, 3.63) is 33.8 Å². The van der Waals surface area contributed by atoms with Crippen LogP contribution in [0, 0.1) is 0 Å². The van der Waals surface area contributed by atoms with E-state index in [4.69, 9.17) is 32.7 Å². The van der Waals surface area contributed by atoms with Gasteiger partial charge in [-0.15, -0.1) is 0 Å². The van der Waals surface area contributed by atoms with Crippen LogP contribution in [0.1, 0.15) is 25.3 Å². The van der Waals surface area contributed by atoms with Crippen LogP contribution in [0.4, 0.5) is 0 Å². The van der Waals surface area contributed by atoms with Crippen LogP contribution in [0.15, 0.2) is 18.2 Å². The molecule has 4 heteroatoms. The Balaban J connectivity index is 2.18. The molecule has 1 rings (SSSR count). The lowest BCUT2D eigenvalue weighted by Gasteiger charge is -2.08. The Morgan fingerprint density at radius 1 is 1.00 bits per heavy atom. The highest BCUT2D eigenvalue weighted by Crippen LogP contribution is 2.24. The first-order valence-corrected chi connectivity index (χ1v) is 6.59. The minimum atomic E-state index is 0.426. The fraction of sp³-hybridized carbons (Fsp3) is 0.538. The molecule has 0 fully saturated rings. The van der Waals surface area contributed by atoms with Crippen molar-refractivity contribution >= 4 is 23.2 Å². The minimum absolute atomic E-state index is 0.426. The Labute approximate surface area is 113 Å². The van der Waals surface area contributed by atoms with E-state index in [-0.39, 0.29) is 0 Å². The van der Waals surface area contributed by atoms with E-state index < -0.39 is 0 Å². The highest BCUT2D eigenvalue weighted by Gasteiger charge is 2.04. The molecule has 0 saturated carbocycles. The number of benzene rings is 1. The molecule has 0 aliphatic rings. The van der Waals surface area contributed by atoms with Crippen molar-refractivity contribution < 1.29 is 9.47 Å². The third kappa shape index (κ3) is 5.73. The lowest BCUT2D eigenvalue weighted by atomic mass is 10.2. The van der Waals surface area contributed by atoms with Crippen LogP contribution >= 0.6 is 23.2 Å². The molecule has 0 atom stereocenters. The molecule has 0 spiro atoms. The zero-order chi connectivity index (χ0) is 12.5. The summed E-state index contributed by atoms with van der Waals surface area (Å²) in [4.78, 5) is 0. The molecule has 2 nitrogen and oxygen atoms in total. The summed E-state index contributed by atoms with van der Waals surface area (Å²) in [5.41, 5.74) is 0.837. The smallest absolute Gasteiger partial charge is 0.0747 e. The Bertz CT molecular complexity index is 309. The van der Waals surface area contributed by atoms with Crippen LogP contribution in [-0.2, 0) is 16.1 Å². The predicted octanol–water partition coefficient (Wildman–Crippen LogP) is 4.33. The summed E-state index contributed by atoms with van der Waals surface area (Å²) >= 11 is 12.0. The average molecular weight is 277 g/mol. The van der Waals surface area contributed by atoms with E-state index in [0.29, 0.717) is 29.9 Å². The Morgan fingerprint density at radius 2 is 1.65 bits per heavy atom. The molecular formula is C13H18Cl2O2. The van der Waals surface area contributed by atoms with Gasteiger partial charge in [0, 0.05) is 22.2 Å². The standard InChI is InChI=1S/C13H18Cl2O2/c1-2-3-7-16-8-9-17-10-11-12(14)5-4-6-13(11)15/h4-6H,2-3,7-10H2,1H3. The van der Waals surface area contributed by atoms with E-state index in [1.807, 2.05) is 18.2 Å². The molecule has 0 saturated heterocycles. The van der Waals surface area contributed by atoms with Gasteiger partial charge in [0.25, 0.3) is 0 Å². The summed E-state index contributed by atoms with van der Waals surface area (Å²) in [6.45, 7) is 4.54. The SMILES string of the molecule is CCCCOCCOCc1c(Cl)cccc1Cl. The summed E-state index contributed by atoms with van der Waals surface area (Å²) < 4.78 is 10.8. The maximum absolute atomic E-state index is 6.02. The van der Waals surface area contributed by atoms with E-state index in [1.54, 1.807) is 0 Å². The number of halogens is 2. The quantitative estimate of drug-likeness (QED) is 0.658. The van der Waals surface area contributed by atoms with Crippen molar-refractivity contribution in [3.8, 4) is 0 Å². The van der Waals surface area contributed by atoms with Gasteiger partial charge in [0.15, 0.2) is 0 Å². The summed E-state index contributed by atoms with van der Waals surface area (Å²) in [6.07, 6.45) is 2.24. The van der Waals surface area contributed by atoms with Gasteiger partial charge >= 0.3 is 0 Å².